The van der Waals surface area contributed by atoms with Crippen molar-refractivity contribution in [1.29, 1.82) is 0 Å². The highest BCUT2D eigenvalue weighted by Crippen LogP contribution is 2.15. The van der Waals surface area contributed by atoms with Crippen LogP contribution in [0, 0.1) is 5.92 Å². The van der Waals surface area contributed by atoms with E-state index in [9.17, 15) is 0 Å². The second-order valence-electron chi connectivity index (χ2n) is 3.02. The van der Waals surface area contributed by atoms with Gasteiger partial charge in [-0.05, 0) is 24.8 Å². The van der Waals surface area contributed by atoms with Gasteiger partial charge < -0.3 is 0 Å². The third-order valence-electron chi connectivity index (χ3n) is 2.26. The largest absolute Gasteiger partial charge is 0.133 e. The first kappa shape index (κ1) is 10.5. The van der Waals surface area contributed by atoms with E-state index in [1.165, 1.54) is 25.7 Å². The van der Waals surface area contributed by atoms with Crippen molar-refractivity contribution in [1.82, 2.24) is 0 Å². The van der Waals surface area contributed by atoms with Crippen molar-refractivity contribution < 1.29 is 0 Å². The minimum absolute atomic E-state index is 0.938. The van der Waals surface area contributed by atoms with Gasteiger partial charge in [0.1, 0.15) is 0 Å². The first-order chi connectivity index (χ1) is 5.35. The van der Waals surface area contributed by atoms with E-state index in [4.69, 9.17) is 0 Å². The van der Waals surface area contributed by atoms with Crippen molar-refractivity contribution in [2.24, 2.45) is 5.92 Å². The molecule has 0 aromatic rings. The molecule has 0 saturated heterocycles. The Morgan fingerprint density at radius 3 is 2.45 bits per heavy atom. The van der Waals surface area contributed by atoms with Crippen LogP contribution in [0.3, 0.4) is 0 Å². The molecule has 11 heavy (non-hydrogen) atoms. The average Bonchev–Trinajstić information content (AvgIpc) is 2.05. The number of hydrogen-bond acceptors (Lipinski definition) is 0. The summed E-state index contributed by atoms with van der Waals surface area (Å²) in [6, 6.07) is 0. The molecule has 0 aliphatic carbocycles. The zero-order valence-electron chi connectivity index (χ0n) is 7.90. The van der Waals surface area contributed by atoms with Gasteiger partial charge in [0.05, 0.1) is 0 Å². The maximum absolute atomic E-state index is 3.54. The van der Waals surface area contributed by atoms with Crippen LogP contribution in [-0.2, 0) is 0 Å². The fourth-order valence-electron chi connectivity index (χ4n) is 1.31. The van der Waals surface area contributed by atoms with Crippen LogP contribution in [0.4, 0.5) is 0 Å². The quantitative estimate of drug-likeness (QED) is 0.399. The van der Waals surface area contributed by atoms with Crippen LogP contribution >= 0.6 is 0 Å². The second-order valence-corrected chi connectivity index (χ2v) is 3.02. The van der Waals surface area contributed by atoms with Crippen molar-refractivity contribution in [3.8, 4) is 0 Å². The Hall–Kier alpha value is -0.480. The molecule has 0 radical (unpaired) electrons. The van der Waals surface area contributed by atoms with Gasteiger partial charge in [-0.2, -0.15) is 0 Å². The van der Waals surface area contributed by atoms with Crippen molar-refractivity contribution in [2.45, 2.75) is 46.0 Å². The Labute approximate surface area is 71.0 Å². The molecule has 0 N–H and O–H groups in total. The van der Waals surface area contributed by atoms with E-state index >= 15 is 0 Å². The molecule has 0 nitrogen and oxygen atoms in total. The molecule has 0 aliphatic heterocycles. The van der Waals surface area contributed by atoms with Crippen LogP contribution in [0.2, 0.25) is 0 Å². The minimum atomic E-state index is 0.938. The normalized spacial score (nSPS) is 9.73. The number of hydrogen-bond donors (Lipinski definition) is 0. The Morgan fingerprint density at radius 2 is 2.00 bits per heavy atom. The molecule has 0 saturated carbocycles. The molecule has 0 fully saturated rings. The summed E-state index contributed by atoms with van der Waals surface area (Å²) >= 11 is 0. The molecule has 0 atom stereocenters. The monoisotopic (exact) mass is 152 g/mol. The lowest BCUT2D eigenvalue weighted by Crippen LogP contribution is -1.95. The molecule has 0 unspecified atom stereocenters. The lowest BCUT2D eigenvalue weighted by molar-refractivity contribution is 0.443. The molecule has 64 valence electrons. The van der Waals surface area contributed by atoms with Gasteiger partial charge in [-0.3, -0.25) is 0 Å². The second kappa shape index (κ2) is 7.63. The van der Waals surface area contributed by atoms with Crippen LogP contribution in [0.15, 0.2) is 18.4 Å². The Kier molecular flexibility index (Phi) is 7.29. The SMILES string of the molecule is C=C=CCCCC(CC)CC. The van der Waals surface area contributed by atoms with E-state index in [1.807, 2.05) is 6.08 Å². The van der Waals surface area contributed by atoms with Crippen molar-refractivity contribution in [3.05, 3.63) is 18.4 Å². The summed E-state index contributed by atoms with van der Waals surface area (Å²) in [7, 11) is 0. The molecule has 0 rings (SSSR count). The first-order valence-electron chi connectivity index (χ1n) is 4.69. The maximum Gasteiger partial charge on any atom is -0.0274 e. The molecule has 0 heterocycles. The molecule has 0 aliphatic rings. The fraction of sp³-hybridized carbons (Fsp3) is 0.727. The van der Waals surface area contributed by atoms with Gasteiger partial charge in [-0.1, -0.05) is 39.7 Å². The van der Waals surface area contributed by atoms with E-state index in [0.717, 1.165) is 12.3 Å². The Balaban J connectivity index is 3.27. The van der Waals surface area contributed by atoms with E-state index in [2.05, 4.69) is 26.2 Å². The lowest BCUT2D eigenvalue weighted by Gasteiger charge is -2.09. The summed E-state index contributed by atoms with van der Waals surface area (Å²) in [6.45, 7) is 8.09. The molecular weight excluding hydrogens is 132 g/mol. The molecule has 0 spiro atoms. The minimum Gasteiger partial charge on any atom is -0.133 e. The zero-order valence-corrected chi connectivity index (χ0v) is 7.90. The third-order valence-corrected chi connectivity index (χ3v) is 2.26. The number of allylic oxidation sites excluding steroid dienone is 1. The topological polar surface area (TPSA) is 0 Å². The highest BCUT2D eigenvalue weighted by molar-refractivity contribution is 4.75. The van der Waals surface area contributed by atoms with Crippen molar-refractivity contribution in [2.75, 3.05) is 0 Å². The molecule has 0 aromatic carbocycles. The van der Waals surface area contributed by atoms with Gasteiger partial charge in [-0.25, -0.2) is 0 Å². The molecule has 0 aromatic heterocycles. The Morgan fingerprint density at radius 1 is 1.36 bits per heavy atom. The van der Waals surface area contributed by atoms with Crippen LogP contribution in [-0.4, -0.2) is 0 Å². The van der Waals surface area contributed by atoms with Crippen LogP contribution in [0.5, 0.6) is 0 Å². The standard InChI is InChI=1S/C11H20/c1-4-7-8-9-10-11(5-2)6-3/h7,11H,1,5-6,8-10H2,2-3H3. The summed E-state index contributed by atoms with van der Waals surface area (Å²) in [4.78, 5) is 0. The van der Waals surface area contributed by atoms with Crippen LogP contribution in [0.1, 0.15) is 46.0 Å². The predicted molar refractivity (Wildman–Crippen MR) is 51.6 cm³/mol. The number of unbranched alkanes of at least 4 members (excludes halogenated alkanes) is 1. The van der Waals surface area contributed by atoms with Crippen molar-refractivity contribution >= 4 is 0 Å². The highest BCUT2D eigenvalue weighted by atomic mass is 14.1. The third kappa shape index (κ3) is 5.94. The van der Waals surface area contributed by atoms with Crippen molar-refractivity contribution in [3.63, 3.8) is 0 Å². The van der Waals surface area contributed by atoms with Gasteiger partial charge in [-0.15, -0.1) is 5.73 Å². The predicted octanol–water partition coefficient (Wildman–Crippen LogP) is 3.93. The smallest absolute Gasteiger partial charge is 0.0274 e. The highest BCUT2D eigenvalue weighted by Gasteiger charge is 2.00. The van der Waals surface area contributed by atoms with Gasteiger partial charge >= 0.3 is 0 Å². The maximum atomic E-state index is 3.54. The van der Waals surface area contributed by atoms with Gasteiger partial charge in [0.15, 0.2) is 0 Å². The van der Waals surface area contributed by atoms with E-state index < -0.39 is 0 Å². The summed E-state index contributed by atoms with van der Waals surface area (Å²) in [5.74, 6) is 0.938. The molecule has 0 amide bonds. The zero-order chi connectivity index (χ0) is 8.53. The molecular formula is C11H20. The van der Waals surface area contributed by atoms with E-state index in [1.54, 1.807) is 0 Å². The lowest BCUT2D eigenvalue weighted by atomic mass is 9.97. The first-order valence-corrected chi connectivity index (χ1v) is 4.69. The summed E-state index contributed by atoms with van der Waals surface area (Å²) in [6.07, 6.45) is 8.50. The number of rotatable bonds is 6. The Bertz CT molecular complexity index is 114. The van der Waals surface area contributed by atoms with Gasteiger partial charge in [0.25, 0.3) is 0 Å². The van der Waals surface area contributed by atoms with Crippen LogP contribution in [0.25, 0.3) is 0 Å². The molecule has 0 heteroatoms. The summed E-state index contributed by atoms with van der Waals surface area (Å²) in [5, 5.41) is 0. The summed E-state index contributed by atoms with van der Waals surface area (Å²) < 4.78 is 0. The fourth-order valence-corrected chi connectivity index (χ4v) is 1.31. The summed E-state index contributed by atoms with van der Waals surface area (Å²) in [5.41, 5.74) is 2.80. The van der Waals surface area contributed by atoms with Gasteiger partial charge in [0.2, 0.25) is 0 Å². The van der Waals surface area contributed by atoms with E-state index in [-0.39, 0.29) is 0 Å². The van der Waals surface area contributed by atoms with E-state index in [0.29, 0.717) is 0 Å². The van der Waals surface area contributed by atoms with Crippen LogP contribution < -0.4 is 0 Å². The average molecular weight is 152 g/mol. The molecule has 0 bridgehead atoms. The van der Waals surface area contributed by atoms with Gasteiger partial charge in [0, 0.05) is 0 Å².